The van der Waals surface area contributed by atoms with Crippen molar-refractivity contribution in [2.24, 2.45) is 7.05 Å². The second-order valence-corrected chi connectivity index (χ2v) is 4.98. The van der Waals surface area contributed by atoms with Gasteiger partial charge in [0.25, 0.3) is 0 Å². The van der Waals surface area contributed by atoms with Gasteiger partial charge < -0.3 is 9.30 Å². The lowest BCUT2D eigenvalue weighted by Crippen LogP contribution is -2.13. The van der Waals surface area contributed by atoms with Crippen LogP contribution in [0.5, 0.6) is 0 Å². The van der Waals surface area contributed by atoms with Crippen molar-refractivity contribution in [3.8, 4) is 12.3 Å². The number of carbonyl (C=O) groups excluding carboxylic acids is 1. The summed E-state index contributed by atoms with van der Waals surface area (Å²) in [6, 6.07) is 7.03. The molecule has 0 aromatic carbocycles. The van der Waals surface area contributed by atoms with Gasteiger partial charge in [0.1, 0.15) is 5.52 Å². The van der Waals surface area contributed by atoms with E-state index in [1.165, 1.54) is 6.20 Å². The van der Waals surface area contributed by atoms with E-state index in [0.717, 1.165) is 0 Å². The molecule has 3 aromatic rings. The molecule has 0 saturated carbocycles. The van der Waals surface area contributed by atoms with Gasteiger partial charge in [0.2, 0.25) is 0 Å². The molecule has 0 amide bonds. The second-order valence-electron chi connectivity index (χ2n) is 4.98. The molecule has 0 fully saturated rings. The van der Waals surface area contributed by atoms with Gasteiger partial charge >= 0.3 is 5.97 Å². The highest BCUT2D eigenvalue weighted by atomic mass is 16.5. The van der Waals surface area contributed by atoms with Crippen LogP contribution in [0.2, 0.25) is 0 Å². The zero-order valence-corrected chi connectivity index (χ0v) is 12.5. The van der Waals surface area contributed by atoms with Crippen LogP contribution >= 0.6 is 0 Å². The first kappa shape index (κ1) is 14.7. The number of terminal acetylenes is 1. The molecule has 0 unspecified atom stereocenters. The van der Waals surface area contributed by atoms with E-state index in [1.54, 1.807) is 35.3 Å². The summed E-state index contributed by atoms with van der Waals surface area (Å²) < 4.78 is 7.28. The maximum absolute atomic E-state index is 12.4. The molecule has 6 heteroatoms. The Kier molecular flexibility index (Phi) is 4.02. The molecule has 0 aliphatic carbocycles. The number of pyridine rings is 2. The number of rotatable bonds is 4. The van der Waals surface area contributed by atoms with Crippen LogP contribution in [-0.2, 0) is 11.8 Å². The van der Waals surface area contributed by atoms with E-state index in [2.05, 4.69) is 20.9 Å². The van der Waals surface area contributed by atoms with E-state index in [0.29, 0.717) is 22.4 Å². The number of aromatic nitrogens is 4. The molecule has 0 spiro atoms. The predicted molar refractivity (Wildman–Crippen MR) is 84.4 cm³/mol. The van der Waals surface area contributed by atoms with Gasteiger partial charge in [-0.05, 0) is 18.2 Å². The number of aryl methyl sites for hydroxylation is 1. The Morgan fingerprint density at radius 3 is 3.00 bits per heavy atom. The zero-order valence-electron chi connectivity index (χ0n) is 12.5. The summed E-state index contributed by atoms with van der Waals surface area (Å²) in [4.78, 5) is 25.0. The van der Waals surface area contributed by atoms with E-state index in [-0.39, 0.29) is 6.42 Å². The number of hydrogen-bond acceptors (Lipinski definition) is 5. The lowest BCUT2D eigenvalue weighted by molar-refractivity contribution is 0.0298. The number of carbonyl (C=O) groups is 1. The Balaban J connectivity index is 1.84. The number of esters is 1. The van der Waals surface area contributed by atoms with E-state index < -0.39 is 12.1 Å². The molecule has 6 nitrogen and oxygen atoms in total. The maximum Gasteiger partial charge on any atom is 0.340 e. The summed E-state index contributed by atoms with van der Waals surface area (Å²) in [6.45, 7) is 0. The minimum atomic E-state index is -0.590. The van der Waals surface area contributed by atoms with E-state index in [4.69, 9.17) is 11.2 Å². The molecule has 0 bridgehead atoms. The molecule has 0 aliphatic heterocycles. The monoisotopic (exact) mass is 306 g/mol. The molecule has 0 aliphatic rings. The van der Waals surface area contributed by atoms with Gasteiger partial charge in [-0.25, -0.2) is 14.8 Å². The van der Waals surface area contributed by atoms with Gasteiger partial charge in [0.15, 0.2) is 11.8 Å². The Hall–Kier alpha value is -3.20. The van der Waals surface area contributed by atoms with Crippen molar-refractivity contribution in [1.82, 2.24) is 19.5 Å². The molecular formula is C17H14N4O2. The number of nitrogens with zero attached hydrogens (tertiary/aromatic N) is 4. The van der Waals surface area contributed by atoms with Gasteiger partial charge in [0.05, 0.1) is 24.0 Å². The van der Waals surface area contributed by atoms with Crippen LogP contribution in [0.1, 0.15) is 28.6 Å². The topological polar surface area (TPSA) is 69.9 Å². The van der Waals surface area contributed by atoms with Crippen molar-refractivity contribution in [1.29, 1.82) is 0 Å². The van der Waals surface area contributed by atoms with Crippen LogP contribution < -0.4 is 0 Å². The molecule has 3 heterocycles. The van der Waals surface area contributed by atoms with E-state index >= 15 is 0 Å². The third-order valence-corrected chi connectivity index (χ3v) is 3.36. The largest absolute Gasteiger partial charge is 0.451 e. The summed E-state index contributed by atoms with van der Waals surface area (Å²) in [7, 11) is 1.84. The standard InChI is InChI=1S/C17H14N4O2/c1-3-6-15(13-7-4-5-8-18-13)23-17(22)12-9-14-16(19-10-12)21(2)11-20-14/h1,4-5,7-11,15H,6H2,2H3/t15-/m1/s1. The van der Waals surface area contributed by atoms with Crippen molar-refractivity contribution in [3.63, 3.8) is 0 Å². The van der Waals surface area contributed by atoms with Crippen molar-refractivity contribution >= 4 is 17.1 Å². The lowest BCUT2D eigenvalue weighted by Gasteiger charge is -2.15. The quantitative estimate of drug-likeness (QED) is 0.546. The average molecular weight is 306 g/mol. The molecule has 1 atom stereocenters. The van der Waals surface area contributed by atoms with Gasteiger partial charge in [-0.15, -0.1) is 12.3 Å². The Morgan fingerprint density at radius 1 is 1.39 bits per heavy atom. The molecule has 114 valence electrons. The van der Waals surface area contributed by atoms with Gasteiger partial charge in [-0.3, -0.25) is 4.98 Å². The molecule has 0 N–H and O–H groups in total. The minimum absolute atomic E-state index is 0.252. The zero-order chi connectivity index (χ0) is 16.2. The van der Waals surface area contributed by atoms with Crippen molar-refractivity contribution in [3.05, 3.63) is 54.2 Å². The lowest BCUT2D eigenvalue weighted by atomic mass is 10.1. The first-order valence-corrected chi connectivity index (χ1v) is 7.01. The fourth-order valence-electron chi connectivity index (χ4n) is 2.21. The smallest absolute Gasteiger partial charge is 0.340 e. The average Bonchev–Trinajstić information content (AvgIpc) is 2.96. The summed E-state index contributed by atoms with van der Waals surface area (Å²) in [5.74, 6) is 2.00. The minimum Gasteiger partial charge on any atom is -0.451 e. The van der Waals surface area contributed by atoms with Crippen molar-refractivity contribution < 1.29 is 9.53 Å². The number of imidazole rings is 1. The van der Waals surface area contributed by atoms with Crippen molar-refractivity contribution in [2.75, 3.05) is 0 Å². The van der Waals surface area contributed by atoms with Gasteiger partial charge in [0, 0.05) is 19.4 Å². The predicted octanol–water partition coefficient (Wildman–Crippen LogP) is 2.28. The Labute approximate surface area is 133 Å². The van der Waals surface area contributed by atoms with Crippen LogP contribution in [0, 0.1) is 12.3 Å². The van der Waals surface area contributed by atoms with Gasteiger partial charge in [-0.1, -0.05) is 6.07 Å². The summed E-state index contributed by atoms with van der Waals surface area (Å²) >= 11 is 0. The normalized spacial score (nSPS) is 11.8. The molecule has 0 saturated heterocycles. The third-order valence-electron chi connectivity index (χ3n) is 3.36. The van der Waals surface area contributed by atoms with Crippen LogP contribution in [0.3, 0.4) is 0 Å². The Morgan fingerprint density at radius 2 is 2.26 bits per heavy atom. The highest BCUT2D eigenvalue weighted by Crippen LogP contribution is 2.21. The molecule has 3 rings (SSSR count). The van der Waals surface area contributed by atoms with Crippen molar-refractivity contribution in [2.45, 2.75) is 12.5 Å². The van der Waals surface area contributed by atoms with Crippen LogP contribution in [0.4, 0.5) is 0 Å². The van der Waals surface area contributed by atoms with Crippen LogP contribution in [0.25, 0.3) is 11.2 Å². The Bertz CT molecular complexity index is 880. The summed E-state index contributed by atoms with van der Waals surface area (Å²) in [5.41, 5.74) is 2.28. The second kappa shape index (κ2) is 6.28. The first-order chi connectivity index (χ1) is 11.2. The number of ether oxygens (including phenoxy) is 1. The summed E-state index contributed by atoms with van der Waals surface area (Å²) in [5, 5.41) is 0. The number of hydrogen-bond donors (Lipinski definition) is 0. The third kappa shape index (κ3) is 3.04. The molecule has 3 aromatic heterocycles. The maximum atomic E-state index is 12.4. The fourth-order valence-corrected chi connectivity index (χ4v) is 2.21. The highest BCUT2D eigenvalue weighted by molar-refractivity contribution is 5.92. The SMILES string of the molecule is C#CC[C@@H](OC(=O)c1cnc2c(c1)ncn2C)c1ccccn1. The van der Waals surface area contributed by atoms with Crippen LogP contribution in [0.15, 0.2) is 43.0 Å². The molecule has 0 radical (unpaired) electrons. The number of fused-ring (bicyclic) bond motifs is 1. The van der Waals surface area contributed by atoms with E-state index in [9.17, 15) is 4.79 Å². The van der Waals surface area contributed by atoms with E-state index in [1.807, 2.05) is 13.1 Å². The fraction of sp³-hybridized carbons (Fsp3) is 0.176. The molecule has 23 heavy (non-hydrogen) atoms. The highest BCUT2D eigenvalue weighted by Gasteiger charge is 2.19. The first-order valence-electron chi connectivity index (χ1n) is 7.01. The van der Waals surface area contributed by atoms with Crippen LogP contribution in [-0.4, -0.2) is 25.5 Å². The molecular weight excluding hydrogens is 292 g/mol. The van der Waals surface area contributed by atoms with Gasteiger partial charge in [-0.2, -0.15) is 0 Å². The summed E-state index contributed by atoms with van der Waals surface area (Å²) in [6.07, 6.45) is 9.77.